The van der Waals surface area contributed by atoms with Gasteiger partial charge in [0.2, 0.25) is 0 Å². The quantitative estimate of drug-likeness (QED) is 0.768. The molecule has 1 heterocycles. The summed E-state index contributed by atoms with van der Waals surface area (Å²) in [5, 5.41) is 8.72. The van der Waals surface area contributed by atoms with Crippen LogP contribution in [-0.2, 0) is 11.3 Å². The molecule has 0 fully saturated rings. The first-order valence-electron chi connectivity index (χ1n) is 6.12. The summed E-state index contributed by atoms with van der Waals surface area (Å²) in [7, 11) is 3.14. The highest BCUT2D eigenvalue weighted by Gasteiger charge is 2.14. The van der Waals surface area contributed by atoms with Crippen molar-refractivity contribution in [1.29, 1.82) is 0 Å². The normalized spacial score (nSPS) is 10.5. The molecule has 0 aromatic carbocycles. The van der Waals surface area contributed by atoms with E-state index in [-0.39, 0.29) is 6.42 Å². The van der Waals surface area contributed by atoms with Crippen LogP contribution in [0.1, 0.15) is 19.0 Å². The van der Waals surface area contributed by atoms with Crippen molar-refractivity contribution in [2.75, 3.05) is 27.3 Å². The lowest BCUT2D eigenvalue weighted by Crippen LogP contribution is -2.26. The van der Waals surface area contributed by atoms with Crippen LogP contribution < -0.4 is 9.47 Å². The number of carboxylic acid groups (broad SMARTS) is 1. The first kappa shape index (κ1) is 15.2. The molecule has 0 aliphatic heterocycles. The average molecular weight is 268 g/mol. The van der Waals surface area contributed by atoms with Gasteiger partial charge in [0.05, 0.1) is 20.6 Å². The summed E-state index contributed by atoms with van der Waals surface area (Å²) in [5.74, 6) is 0.421. The van der Waals surface area contributed by atoms with Crippen LogP contribution in [0.4, 0.5) is 0 Å². The van der Waals surface area contributed by atoms with Crippen molar-refractivity contribution in [2.45, 2.75) is 19.9 Å². The smallest absolute Gasteiger partial charge is 0.304 e. The van der Waals surface area contributed by atoms with Gasteiger partial charge in [0.15, 0.2) is 11.5 Å². The Morgan fingerprint density at radius 3 is 2.68 bits per heavy atom. The van der Waals surface area contributed by atoms with Gasteiger partial charge >= 0.3 is 5.97 Å². The van der Waals surface area contributed by atoms with E-state index in [1.54, 1.807) is 26.5 Å². The van der Waals surface area contributed by atoms with E-state index < -0.39 is 5.97 Å². The number of hydrogen-bond acceptors (Lipinski definition) is 5. The Bertz CT molecular complexity index is 423. The fraction of sp³-hybridized carbons (Fsp3) is 0.538. The third-order valence-electron chi connectivity index (χ3n) is 2.83. The molecular formula is C13H20N2O4. The summed E-state index contributed by atoms with van der Waals surface area (Å²) >= 11 is 0. The zero-order chi connectivity index (χ0) is 14.3. The SMILES string of the molecule is CCN(CCC(=O)O)Cc1nccc(OC)c1OC. The maximum absolute atomic E-state index is 10.6. The number of rotatable bonds is 8. The molecule has 1 aromatic rings. The molecule has 19 heavy (non-hydrogen) atoms. The molecule has 1 N–H and O–H groups in total. The topological polar surface area (TPSA) is 71.9 Å². The van der Waals surface area contributed by atoms with Crippen LogP contribution in [0.15, 0.2) is 12.3 Å². The number of nitrogens with zero attached hydrogens (tertiary/aromatic N) is 2. The lowest BCUT2D eigenvalue weighted by atomic mass is 10.2. The first-order chi connectivity index (χ1) is 9.12. The predicted octanol–water partition coefficient (Wildman–Crippen LogP) is 1.40. The number of aromatic nitrogens is 1. The number of carboxylic acids is 1. The molecule has 6 nitrogen and oxygen atoms in total. The molecule has 1 aromatic heterocycles. The minimum atomic E-state index is -0.802. The second kappa shape index (κ2) is 7.58. The van der Waals surface area contributed by atoms with Crippen molar-refractivity contribution in [3.05, 3.63) is 18.0 Å². The Balaban J connectivity index is 2.81. The van der Waals surface area contributed by atoms with Gasteiger partial charge in [-0.1, -0.05) is 6.92 Å². The van der Waals surface area contributed by atoms with Gasteiger partial charge in [0.25, 0.3) is 0 Å². The monoisotopic (exact) mass is 268 g/mol. The Hall–Kier alpha value is -1.82. The zero-order valence-corrected chi connectivity index (χ0v) is 11.5. The number of pyridine rings is 1. The molecule has 0 unspecified atom stereocenters. The second-order valence-electron chi connectivity index (χ2n) is 4.01. The van der Waals surface area contributed by atoms with Crippen LogP contribution in [0.5, 0.6) is 11.5 Å². The molecule has 0 aliphatic rings. The molecule has 0 saturated carbocycles. The third kappa shape index (κ3) is 4.40. The summed E-state index contributed by atoms with van der Waals surface area (Å²) in [4.78, 5) is 16.9. The van der Waals surface area contributed by atoms with Crippen LogP contribution in [0.25, 0.3) is 0 Å². The van der Waals surface area contributed by atoms with E-state index in [9.17, 15) is 4.79 Å². The summed E-state index contributed by atoms with van der Waals surface area (Å²) < 4.78 is 10.5. The number of ether oxygens (including phenoxy) is 2. The molecule has 0 spiro atoms. The lowest BCUT2D eigenvalue weighted by Gasteiger charge is -2.20. The van der Waals surface area contributed by atoms with Crippen LogP contribution >= 0.6 is 0 Å². The van der Waals surface area contributed by atoms with Gasteiger partial charge in [-0.2, -0.15) is 0 Å². The van der Waals surface area contributed by atoms with Crippen LogP contribution in [0.3, 0.4) is 0 Å². The summed E-state index contributed by atoms with van der Waals surface area (Å²) in [6.45, 7) is 3.74. The Labute approximate surface area is 113 Å². The fourth-order valence-electron chi connectivity index (χ4n) is 1.78. The number of carbonyl (C=O) groups is 1. The van der Waals surface area contributed by atoms with E-state index in [0.29, 0.717) is 24.6 Å². The van der Waals surface area contributed by atoms with Crippen molar-refractivity contribution in [2.24, 2.45) is 0 Å². The van der Waals surface area contributed by atoms with E-state index in [1.165, 1.54) is 0 Å². The highest BCUT2D eigenvalue weighted by atomic mass is 16.5. The average Bonchev–Trinajstić information content (AvgIpc) is 2.42. The number of methoxy groups -OCH3 is 2. The van der Waals surface area contributed by atoms with Gasteiger partial charge in [-0.25, -0.2) is 0 Å². The molecule has 6 heteroatoms. The second-order valence-corrected chi connectivity index (χ2v) is 4.01. The maximum atomic E-state index is 10.6. The van der Waals surface area contributed by atoms with Crippen molar-refractivity contribution in [3.63, 3.8) is 0 Å². The first-order valence-corrected chi connectivity index (χ1v) is 6.12. The number of aliphatic carboxylic acids is 1. The van der Waals surface area contributed by atoms with Gasteiger partial charge in [0, 0.05) is 25.4 Å². The fourth-order valence-corrected chi connectivity index (χ4v) is 1.78. The molecule has 0 bridgehead atoms. The van der Waals surface area contributed by atoms with E-state index in [4.69, 9.17) is 14.6 Å². The molecule has 0 atom stereocenters. The molecule has 1 rings (SSSR count). The molecule has 0 saturated heterocycles. The van der Waals surface area contributed by atoms with E-state index in [2.05, 4.69) is 4.98 Å². The van der Waals surface area contributed by atoms with E-state index in [0.717, 1.165) is 12.2 Å². The molecular weight excluding hydrogens is 248 g/mol. The Morgan fingerprint density at radius 2 is 2.16 bits per heavy atom. The van der Waals surface area contributed by atoms with Gasteiger partial charge in [-0.15, -0.1) is 0 Å². The standard InChI is InChI=1S/C13H20N2O4/c1-4-15(8-6-12(16)17)9-10-13(19-3)11(18-2)5-7-14-10/h5,7H,4,6,8-9H2,1-3H3,(H,16,17). The molecule has 0 radical (unpaired) electrons. The Morgan fingerprint density at radius 1 is 1.42 bits per heavy atom. The number of hydrogen-bond donors (Lipinski definition) is 1. The largest absolute Gasteiger partial charge is 0.493 e. The summed E-state index contributed by atoms with van der Waals surface area (Å²) in [6, 6.07) is 1.73. The van der Waals surface area contributed by atoms with Crippen molar-refractivity contribution < 1.29 is 19.4 Å². The third-order valence-corrected chi connectivity index (χ3v) is 2.83. The van der Waals surface area contributed by atoms with Crippen LogP contribution in [0, 0.1) is 0 Å². The maximum Gasteiger partial charge on any atom is 0.304 e. The van der Waals surface area contributed by atoms with Crippen LogP contribution in [-0.4, -0.2) is 48.3 Å². The highest BCUT2D eigenvalue weighted by molar-refractivity contribution is 5.66. The van der Waals surface area contributed by atoms with Crippen molar-refractivity contribution in [1.82, 2.24) is 9.88 Å². The van der Waals surface area contributed by atoms with Gasteiger partial charge < -0.3 is 14.6 Å². The van der Waals surface area contributed by atoms with Gasteiger partial charge in [-0.3, -0.25) is 14.7 Å². The minimum Gasteiger partial charge on any atom is -0.493 e. The van der Waals surface area contributed by atoms with Crippen molar-refractivity contribution >= 4 is 5.97 Å². The van der Waals surface area contributed by atoms with Gasteiger partial charge in [-0.05, 0) is 6.54 Å². The molecule has 0 amide bonds. The lowest BCUT2D eigenvalue weighted by molar-refractivity contribution is -0.137. The van der Waals surface area contributed by atoms with Crippen molar-refractivity contribution in [3.8, 4) is 11.5 Å². The summed E-state index contributed by atoms with van der Waals surface area (Å²) in [6.07, 6.45) is 1.77. The molecule has 106 valence electrons. The predicted molar refractivity (Wildman–Crippen MR) is 70.5 cm³/mol. The minimum absolute atomic E-state index is 0.111. The highest BCUT2D eigenvalue weighted by Crippen LogP contribution is 2.29. The van der Waals surface area contributed by atoms with E-state index >= 15 is 0 Å². The zero-order valence-electron chi connectivity index (χ0n) is 11.5. The van der Waals surface area contributed by atoms with E-state index in [1.807, 2.05) is 11.8 Å². The molecule has 0 aliphatic carbocycles. The summed E-state index contributed by atoms with van der Waals surface area (Å²) in [5.41, 5.74) is 0.745. The Kier molecular flexibility index (Phi) is 6.08. The van der Waals surface area contributed by atoms with Crippen LogP contribution in [0.2, 0.25) is 0 Å². The van der Waals surface area contributed by atoms with Gasteiger partial charge in [0.1, 0.15) is 5.69 Å².